The molecule has 2 bridgehead atoms. The average Bonchev–Trinajstić information content (AvgIpc) is 2.56. The highest BCUT2D eigenvalue weighted by Crippen LogP contribution is 2.55. The van der Waals surface area contributed by atoms with Crippen LogP contribution in [0.2, 0.25) is 0 Å². The van der Waals surface area contributed by atoms with E-state index in [0.29, 0.717) is 12.0 Å². The van der Waals surface area contributed by atoms with Gasteiger partial charge in [0, 0.05) is 11.5 Å². The SMILES string of the molecule is Br.C=CCOc1ccc2c(c1)[C@@]13CCCC[C@H]1[C@H](C2)N(C)CC3. The molecule has 23 heavy (non-hydrogen) atoms. The van der Waals surface area contributed by atoms with E-state index >= 15 is 0 Å². The van der Waals surface area contributed by atoms with Gasteiger partial charge in [0.2, 0.25) is 0 Å². The van der Waals surface area contributed by atoms with Crippen LogP contribution < -0.4 is 4.74 Å². The minimum Gasteiger partial charge on any atom is -0.490 e. The van der Waals surface area contributed by atoms with E-state index in [4.69, 9.17) is 4.74 Å². The summed E-state index contributed by atoms with van der Waals surface area (Å²) < 4.78 is 5.83. The fourth-order valence-corrected chi connectivity index (χ4v) is 5.42. The topological polar surface area (TPSA) is 12.5 Å². The van der Waals surface area contributed by atoms with Crippen LogP contribution in [0.4, 0.5) is 0 Å². The Hall–Kier alpha value is -0.800. The van der Waals surface area contributed by atoms with Gasteiger partial charge in [0.05, 0.1) is 0 Å². The zero-order valence-corrected chi connectivity index (χ0v) is 15.8. The molecule has 2 aliphatic carbocycles. The van der Waals surface area contributed by atoms with Crippen LogP contribution >= 0.6 is 17.0 Å². The number of piperidine rings is 1. The standard InChI is InChI=1S/C20H27NO.BrH/c1-3-12-22-16-8-7-15-13-19-17-6-4-5-9-20(17,18(15)14-16)10-11-21(19)2;/h3,7-8,14,17,19H,1,4-6,9-13H2,2H3;1H/t17-,19-,20+;/m0./s1. The maximum absolute atomic E-state index is 5.83. The van der Waals surface area contributed by atoms with Gasteiger partial charge in [-0.15, -0.1) is 17.0 Å². The number of halogens is 1. The van der Waals surface area contributed by atoms with Crippen LogP contribution in [-0.4, -0.2) is 31.1 Å². The Morgan fingerprint density at radius 1 is 1.35 bits per heavy atom. The summed E-state index contributed by atoms with van der Waals surface area (Å²) in [6, 6.07) is 7.59. The lowest BCUT2D eigenvalue weighted by Gasteiger charge is -2.58. The highest BCUT2D eigenvalue weighted by molar-refractivity contribution is 8.93. The van der Waals surface area contributed by atoms with E-state index in [2.05, 4.69) is 36.7 Å². The highest BCUT2D eigenvalue weighted by Gasteiger charge is 2.53. The summed E-state index contributed by atoms with van der Waals surface area (Å²) in [5.41, 5.74) is 3.61. The fourth-order valence-electron chi connectivity index (χ4n) is 5.42. The van der Waals surface area contributed by atoms with Gasteiger partial charge in [-0.25, -0.2) is 0 Å². The maximum atomic E-state index is 5.83. The van der Waals surface area contributed by atoms with Crippen molar-refractivity contribution in [3.63, 3.8) is 0 Å². The minimum atomic E-state index is 0. The molecule has 0 radical (unpaired) electrons. The Morgan fingerprint density at radius 2 is 2.22 bits per heavy atom. The Kier molecular flexibility index (Phi) is 4.89. The smallest absolute Gasteiger partial charge is 0.120 e. The first-order valence-electron chi connectivity index (χ1n) is 8.82. The number of likely N-dealkylation sites (N-methyl/N-ethyl adjacent to an activating group) is 1. The molecule has 1 saturated heterocycles. The predicted molar refractivity (Wildman–Crippen MR) is 101 cm³/mol. The van der Waals surface area contributed by atoms with Crippen molar-refractivity contribution in [1.82, 2.24) is 4.90 Å². The van der Waals surface area contributed by atoms with Gasteiger partial charge in [-0.05, 0) is 68.5 Å². The van der Waals surface area contributed by atoms with Gasteiger partial charge in [0.1, 0.15) is 12.4 Å². The lowest BCUT2D eigenvalue weighted by Crippen LogP contribution is -2.59. The van der Waals surface area contributed by atoms with Crippen LogP contribution in [0.1, 0.15) is 43.2 Å². The second-order valence-electron chi connectivity index (χ2n) is 7.43. The summed E-state index contributed by atoms with van der Waals surface area (Å²) in [5.74, 6) is 1.87. The molecule has 1 aromatic carbocycles. The van der Waals surface area contributed by atoms with Crippen molar-refractivity contribution >= 4 is 17.0 Å². The molecule has 0 spiro atoms. The van der Waals surface area contributed by atoms with Gasteiger partial charge in [0.25, 0.3) is 0 Å². The molecule has 0 amide bonds. The minimum absolute atomic E-state index is 0. The second-order valence-corrected chi connectivity index (χ2v) is 7.43. The summed E-state index contributed by atoms with van der Waals surface area (Å²) in [5, 5.41) is 0. The van der Waals surface area contributed by atoms with Crippen LogP contribution in [0.3, 0.4) is 0 Å². The average molecular weight is 378 g/mol. The largest absolute Gasteiger partial charge is 0.490 e. The van der Waals surface area contributed by atoms with Gasteiger partial charge in [-0.2, -0.15) is 0 Å². The molecule has 0 unspecified atom stereocenters. The van der Waals surface area contributed by atoms with Gasteiger partial charge in [0.15, 0.2) is 0 Å². The predicted octanol–water partition coefficient (Wildman–Crippen LogP) is 4.52. The number of hydrogen-bond donors (Lipinski definition) is 0. The van der Waals surface area contributed by atoms with Crippen molar-refractivity contribution in [2.24, 2.45) is 5.92 Å². The van der Waals surface area contributed by atoms with Gasteiger partial charge in [-0.3, -0.25) is 0 Å². The number of hydrogen-bond acceptors (Lipinski definition) is 2. The zero-order chi connectivity index (χ0) is 15.2. The molecule has 4 rings (SSSR count). The summed E-state index contributed by atoms with van der Waals surface area (Å²) in [7, 11) is 2.33. The number of fused-ring (bicyclic) bond motifs is 1. The molecule has 126 valence electrons. The molecule has 0 aromatic heterocycles. The number of rotatable bonds is 3. The van der Waals surface area contributed by atoms with E-state index in [0.717, 1.165) is 17.7 Å². The quantitative estimate of drug-likeness (QED) is 0.718. The number of likely N-dealkylation sites (tertiary alicyclic amines) is 1. The molecule has 1 aliphatic heterocycles. The van der Waals surface area contributed by atoms with E-state index in [1.54, 1.807) is 11.1 Å². The van der Waals surface area contributed by atoms with Crippen molar-refractivity contribution in [2.75, 3.05) is 20.2 Å². The van der Waals surface area contributed by atoms with Gasteiger partial charge < -0.3 is 9.64 Å². The Labute approximate surface area is 150 Å². The molecule has 2 nitrogen and oxygen atoms in total. The molecule has 3 aliphatic rings. The molecular formula is C20H28BrNO. The first-order chi connectivity index (χ1) is 10.7. The van der Waals surface area contributed by atoms with E-state index in [9.17, 15) is 0 Å². The van der Waals surface area contributed by atoms with Crippen LogP contribution in [0.25, 0.3) is 0 Å². The normalized spacial score (nSPS) is 32.2. The van der Waals surface area contributed by atoms with Crippen molar-refractivity contribution in [2.45, 2.75) is 50.0 Å². The third-order valence-electron chi connectivity index (χ3n) is 6.45. The van der Waals surface area contributed by atoms with E-state index in [-0.39, 0.29) is 17.0 Å². The third-order valence-corrected chi connectivity index (χ3v) is 6.45. The molecule has 0 N–H and O–H groups in total. The van der Waals surface area contributed by atoms with Gasteiger partial charge in [-0.1, -0.05) is 31.6 Å². The molecule has 1 saturated carbocycles. The molecule has 3 atom stereocenters. The zero-order valence-electron chi connectivity index (χ0n) is 14.1. The monoisotopic (exact) mass is 377 g/mol. The van der Waals surface area contributed by atoms with Crippen LogP contribution in [-0.2, 0) is 11.8 Å². The van der Waals surface area contributed by atoms with Gasteiger partial charge >= 0.3 is 0 Å². The molecule has 2 fully saturated rings. The maximum Gasteiger partial charge on any atom is 0.120 e. The Bertz CT molecular complexity index is 587. The van der Waals surface area contributed by atoms with E-state index < -0.39 is 0 Å². The van der Waals surface area contributed by atoms with Crippen molar-refractivity contribution in [3.05, 3.63) is 42.0 Å². The third kappa shape index (κ3) is 2.66. The Balaban J connectivity index is 0.00000156. The lowest BCUT2D eigenvalue weighted by atomic mass is 9.52. The molecule has 1 aromatic rings. The lowest BCUT2D eigenvalue weighted by molar-refractivity contribution is 0.00272. The summed E-state index contributed by atoms with van der Waals surface area (Å²) in [6.45, 7) is 5.60. The summed E-state index contributed by atoms with van der Waals surface area (Å²) >= 11 is 0. The number of benzene rings is 1. The van der Waals surface area contributed by atoms with Crippen LogP contribution in [0.5, 0.6) is 5.75 Å². The van der Waals surface area contributed by atoms with Crippen LogP contribution in [0.15, 0.2) is 30.9 Å². The second kappa shape index (κ2) is 6.60. The first-order valence-corrected chi connectivity index (χ1v) is 8.82. The Morgan fingerprint density at radius 3 is 3.04 bits per heavy atom. The first kappa shape index (κ1) is 17.0. The number of ether oxygens (including phenoxy) is 1. The van der Waals surface area contributed by atoms with E-state index in [1.165, 1.54) is 45.1 Å². The molecule has 1 heterocycles. The van der Waals surface area contributed by atoms with Crippen molar-refractivity contribution in [3.8, 4) is 5.75 Å². The van der Waals surface area contributed by atoms with E-state index in [1.807, 2.05) is 6.08 Å². The van der Waals surface area contributed by atoms with Crippen molar-refractivity contribution in [1.29, 1.82) is 0 Å². The van der Waals surface area contributed by atoms with Crippen LogP contribution in [0, 0.1) is 5.92 Å². The summed E-state index contributed by atoms with van der Waals surface area (Å²) in [6.07, 6.45) is 9.96. The molecule has 3 heteroatoms. The highest BCUT2D eigenvalue weighted by atomic mass is 79.9. The summed E-state index contributed by atoms with van der Waals surface area (Å²) in [4.78, 5) is 2.62. The number of nitrogens with zero attached hydrogens (tertiary/aromatic N) is 1. The fraction of sp³-hybridized carbons (Fsp3) is 0.600. The van der Waals surface area contributed by atoms with Crippen molar-refractivity contribution < 1.29 is 4.74 Å². The molecular weight excluding hydrogens is 350 g/mol.